The van der Waals surface area contributed by atoms with Crippen molar-refractivity contribution in [2.24, 2.45) is 0 Å². The second-order valence-electron chi connectivity index (χ2n) is 0. The quantitative estimate of drug-likeness (QED) is 0.405. The van der Waals surface area contributed by atoms with E-state index >= 15 is 0 Å². The summed E-state index contributed by atoms with van der Waals surface area (Å²) in [7, 11) is 0. The van der Waals surface area contributed by atoms with Crippen LogP contribution in [0.1, 0.15) is 7.43 Å². The predicted octanol–water partition coefficient (Wildman–Crippen LogP) is 0.449. The molecule has 2 heteroatoms. The summed E-state index contributed by atoms with van der Waals surface area (Å²) in [6.45, 7) is 2.00. The normalized spacial score (nSPS) is 1.00. The number of rotatable bonds is 0. The van der Waals surface area contributed by atoms with E-state index in [4.69, 9.17) is 4.79 Å². The van der Waals surface area contributed by atoms with Crippen LogP contribution in [0.2, 0.25) is 0 Å². The molecule has 0 aliphatic carbocycles. The Bertz CT molecular complexity index is 6.00. The van der Waals surface area contributed by atoms with Crippen LogP contribution < -0.4 is 0 Å². The van der Waals surface area contributed by atoms with Gasteiger partial charge in [-0.05, 0) is 0 Å². The molecule has 0 spiro atoms. The Labute approximate surface area is 36.9 Å². The van der Waals surface area contributed by atoms with E-state index in [0.29, 0.717) is 0 Å². The molecule has 0 atom stereocenters. The van der Waals surface area contributed by atoms with Crippen LogP contribution in [-0.4, -0.2) is 6.79 Å². The molecule has 1 nitrogen and oxygen atoms in total. The molecule has 28 valence electrons. The number of carbonyl (C=O) groups is 1. The molecule has 0 bridgehead atoms. The predicted molar refractivity (Wildman–Crippen MR) is 13.9 cm³/mol. The van der Waals surface area contributed by atoms with Crippen molar-refractivity contribution in [2.75, 3.05) is 0 Å². The van der Waals surface area contributed by atoms with Gasteiger partial charge in [-0.2, -0.15) is 0 Å². The third-order valence-corrected chi connectivity index (χ3v) is 0. The smallest absolute Gasteiger partial charge is 0.106 e. The molecule has 0 aromatic heterocycles. The fraction of sp³-hybridized carbons (Fsp3) is 0.500. The van der Waals surface area contributed by atoms with E-state index < -0.39 is 0 Å². The van der Waals surface area contributed by atoms with Gasteiger partial charge in [0.2, 0.25) is 0 Å². The number of carbonyl (C=O) groups excluding carboxylic acids is 1. The number of hydrogen-bond acceptors (Lipinski definition) is 1. The third kappa shape index (κ3) is 86.3. The summed E-state index contributed by atoms with van der Waals surface area (Å²) in [4.78, 5) is 8.00. The molecule has 0 aromatic rings. The van der Waals surface area contributed by atoms with Crippen LogP contribution in [0.3, 0.4) is 0 Å². The molecular weight excluding hydrogens is 95.9 g/mol. The standard InChI is InChI=1S/CH2O.CH4.Fe/c1-2;;/h1H2;1H4;. The van der Waals surface area contributed by atoms with Crippen molar-refractivity contribution in [1.29, 1.82) is 0 Å². The van der Waals surface area contributed by atoms with Crippen molar-refractivity contribution in [3.8, 4) is 0 Å². The first-order valence-corrected chi connectivity index (χ1v) is 0.289. The maximum atomic E-state index is 8.00. The maximum Gasteiger partial charge on any atom is 0.106 e. The van der Waals surface area contributed by atoms with Gasteiger partial charge >= 0.3 is 0 Å². The second-order valence-corrected chi connectivity index (χ2v) is 0. The Kier molecular flexibility index (Phi) is 3210. The van der Waals surface area contributed by atoms with Crippen LogP contribution in [0.4, 0.5) is 0 Å². The molecule has 0 saturated carbocycles. The van der Waals surface area contributed by atoms with Crippen molar-refractivity contribution in [2.45, 2.75) is 7.43 Å². The molecule has 0 heterocycles. The fourth-order valence-electron chi connectivity index (χ4n) is 0. The van der Waals surface area contributed by atoms with Crippen LogP contribution in [0.25, 0.3) is 0 Å². The zero-order chi connectivity index (χ0) is 2.00. The van der Waals surface area contributed by atoms with Crippen molar-refractivity contribution in [1.82, 2.24) is 0 Å². The maximum absolute atomic E-state index is 8.00. The van der Waals surface area contributed by atoms with Crippen LogP contribution in [0.15, 0.2) is 0 Å². The molecular formula is C2H6FeO. The first kappa shape index (κ1) is 30.1. The minimum absolute atomic E-state index is 0. The Morgan fingerprint density at radius 1 is 1.25 bits per heavy atom. The second kappa shape index (κ2) is 426. The van der Waals surface area contributed by atoms with Gasteiger partial charge in [0.05, 0.1) is 0 Å². The average molecular weight is 102 g/mol. The van der Waals surface area contributed by atoms with Gasteiger partial charge in [-0.1, -0.05) is 7.43 Å². The summed E-state index contributed by atoms with van der Waals surface area (Å²) < 4.78 is 0. The summed E-state index contributed by atoms with van der Waals surface area (Å²) >= 11 is 0. The zero-order valence-corrected chi connectivity index (χ0v) is 2.57. The van der Waals surface area contributed by atoms with Crippen LogP contribution in [0.5, 0.6) is 0 Å². The number of hydrogen-bond donors (Lipinski definition) is 0. The van der Waals surface area contributed by atoms with Gasteiger partial charge in [-0.15, -0.1) is 0 Å². The average Bonchev–Trinajstić information content (AvgIpc) is 1.00. The molecule has 0 N–H and O–H groups in total. The molecule has 0 saturated heterocycles. The summed E-state index contributed by atoms with van der Waals surface area (Å²) in [5, 5.41) is 0. The van der Waals surface area contributed by atoms with Crippen molar-refractivity contribution < 1.29 is 21.9 Å². The topological polar surface area (TPSA) is 17.1 Å². The van der Waals surface area contributed by atoms with Gasteiger partial charge in [0.15, 0.2) is 0 Å². The van der Waals surface area contributed by atoms with Crippen molar-refractivity contribution >= 4 is 6.79 Å². The van der Waals surface area contributed by atoms with E-state index in [2.05, 4.69) is 0 Å². The minimum Gasteiger partial charge on any atom is -0.307 e. The van der Waals surface area contributed by atoms with Crippen LogP contribution in [0, 0.1) is 0 Å². The van der Waals surface area contributed by atoms with Gasteiger partial charge < -0.3 is 4.79 Å². The van der Waals surface area contributed by atoms with Gasteiger partial charge in [-0.25, -0.2) is 0 Å². The first-order chi connectivity index (χ1) is 1.00. The molecule has 0 rings (SSSR count). The largest absolute Gasteiger partial charge is 0.307 e. The summed E-state index contributed by atoms with van der Waals surface area (Å²) in [6, 6.07) is 0. The fourth-order valence-corrected chi connectivity index (χ4v) is 0. The molecule has 0 unspecified atom stereocenters. The Morgan fingerprint density at radius 2 is 1.25 bits per heavy atom. The van der Waals surface area contributed by atoms with Crippen molar-refractivity contribution in [3.63, 3.8) is 0 Å². The van der Waals surface area contributed by atoms with Crippen molar-refractivity contribution in [3.05, 3.63) is 0 Å². The van der Waals surface area contributed by atoms with E-state index in [-0.39, 0.29) is 24.5 Å². The molecule has 0 aliphatic heterocycles. The summed E-state index contributed by atoms with van der Waals surface area (Å²) in [5.41, 5.74) is 0. The molecule has 0 radical (unpaired) electrons. The Hall–Kier alpha value is 0.189. The van der Waals surface area contributed by atoms with Gasteiger partial charge in [0, 0.05) is 17.1 Å². The van der Waals surface area contributed by atoms with Crippen LogP contribution in [-0.2, 0) is 21.9 Å². The molecule has 0 amide bonds. The van der Waals surface area contributed by atoms with E-state index in [9.17, 15) is 0 Å². The minimum atomic E-state index is 0. The molecule has 0 aromatic carbocycles. The third-order valence-electron chi connectivity index (χ3n) is 0. The Morgan fingerprint density at radius 3 is 1.25 bits per heavy atom. The van der Waals surface area contributed by atoms with Gasteiger partial charge in [0.1, 0.15) is 6.79 Å². The van der Waals surface area contributed by atoms with Gasteiger partial charge in [-0.3, -0.25) is 0 Å². The first-order valence-electron chi connectivity index (χ1n) is 0.289. The monoisotopic (exact) mass is 102 g/mol. The van der Waals surface area contributed by atoms with Crippen LogP contribution >= 0.6 is 0 Å². The molecule has 0 fully saturated rings. The van der Waals surface area contributed by atoms with E-state index in [1.54, 1.807) is 0 Å². The van der Waals surface area contributed by atoms with Gasteiger partial charge in [0.25, 0.3) is 0 Å². The van der Waals surface area contributed by atoms with E-state index in [1.807, 2.05) is 6.79 Å². The van der Waals surface area contributed by atoms with E-state index in [0.717, 1.165) is 0 Å². The Balaban J connectivity index is -0.00000000500. The SMILES string of the molecule is C.C=O.[Fe]. The summed E-state index contributed by atoms with van der Waals surface area (Å²) in [5.74, 6) is 0. The summed E-state index contributed by atoms with van der Waals surface area (Å²) in [6.07, 6.45) is 0. The molecule has 0 aliphatic rings. The van der Waals surface area contributed by atoms with E-state index in [1.165, 1.54) is 0 Å². The zero-order valence-electron chi connectivity index (χ0n) is 1.47. The molecule has 4 heavy (non-hydrogen) atoms.